The molecule has 5 heteroatoms. The van der Waals surface area contributed by atoms with Gasteiger partial charge in [-0.3, -0.25) is 0 Å². The molecule has 4 nitrogen and oxygen atoms in total. The topological polar surface area (TPSA) is 16.3 Å². The fourth-order valence-corrected chi connectivity index (χ4v) is 18.5. The number of fused-ring (bicyclic) bond motifs is 8. The van der Waals surface area contributed by atoms with E-state index in [9.17, 15) is 0 Å². The van der Waals surface area contributed by atoms with E-state index in [2.05, 4.69) is 457 Å². The van der Waals surface area contributed by atoms with Crippen LogP contribution in [0.3, 0.4) is 0 Å². The second-order valence-electron chi connectivity index (χ2n) is 33.5. The molecule has 1 aliphatic rings. The lowest BCUT2D eigenvalue weighted by molar-refractivity contribution is 0.557. The summed E-state index contributed by atoms with van der Waals surface area (Å²) in [6.45, 7) is 22.1. The Kier molecular flexibility index (Phi) is 18.4. The summed E-state index contributed by atoms with van der Waals surface area (Å²) in [4.78, 5) is 5.44. The van der Waals surface area contributed by atoms with Gasteiger partial charge in [0, 0.05) is 90.2 Å². The Hall–Kier alpha value is -13.2. The molecular weight excluding hydrogens is 1390 g/mol. The molecule has 115 heavy (non-hydrogen) atoms. The molecule has 3 heterocycles. The number of rotatable bonds is 16. The van der Waals surface area contributed by atoms with Crippen LogP contribution in [0, 0.1) is 0 Å². The average molecular weight is 1480 g/mol. The quantitative estimate of drug-likeness (QED) is 0.0897. The normalized spacial score (nSPS) is 12.8. The summed E-state index contributed by atoms with van der Waals surface area (Å²) >= 11 is 0. The molecule has 18 aromatic rings. The molecule has 0 N–H and O–H groups in total. The third-order valence-electron chi connectivity index (χ3n) is 24.5. The Morgan fingerprint density at radius 3 is 1.02 bits per heavy atom. The summed E-state index contributed by atoms with van der Waals surface area (Å²) in [5.41, 5.74) is 35.2. The molecule has 2 aromatic heterocycles. The minimum atomic E-state index is -0.223. The van der Waals surface area contributed by atoms with Gasteiger partial charge in [-0.05, 0) is 216 Å². The highest BCUT2D eigenvalue weighted by molar-refractivity contribution is 6.90. The van der Waals surface area contributed by atoms with Crippen molar-refractivity contribution in [2.45, 2.75) is 85.0 Å². The Labute approximate surface area is 677 Å². The SMILES string of the molecule is CCN(c1cccc2c1B(C(C)[C@@H](C)n1c3ccc(-c4ccccc4)cc3c3cc(-c4ccccc4)ccc31)c1ccc(-n3c4ccc(-c5ccccc5)cc4c4cc(-c5ccccc5)ccc43)cc1N2c1c(-c2ccccc2)cc(C(C)(C)C)cc1-c1ccccc1)c1c(-c2ccccc2)cc(C(C)(C)C)cc1-c1ccccc1. The molecular formula is C110H93BN4. The molecule has 0 amide bonds. The van der Waals surface area contributed by atoms with Crippen molar-refractivity contribution < 1.29 is 0 Å². The van der Waals surface area contributed by atoms with Crippen LogP contribution >= 0.6 is 0 Å². The molecule has 0 spiro atoms. The van der Waals surface area contributed by atoms with E-state index in [4.69, 9.17) is 0 Å². The first-order chi connectivity index (χ1) is 56.1. The van der Waals surface area contributed by atoms with Gasteiger partial charge in [0.15, 0.2) is 0 Å². The van der Waals surface area contributed by atoms with Crippen molar-refractivity contribution in [2.24, 2.45) is 0 Å². The average Bonchev–Trinajstić information content (AvgIpc) is 1.45. The van der Waals surface area contributed by atoms with Gasteiger partial charge in [-0.1, -0.05) is 328 Å². The van der Waals surface area contributed by atoms with E-state index in [1.807, 2.05) is 0 Å². The summed E-state index contributed by atoms with van der Waals surface area (Å²) < 4.78 is 5.27. The minimum Gasteiger partial charge on any atom is -0.341 e. The predicted molar refractivity (Wildman–Crippen MR) is 494 cm³/mol. The van der Waals surface area contributed by atoms with Crippen molar-refractivity contribution in [1.29, 1.82) is 0 Å². The van der Waals surface area contributed by atoms with Crippen molar-refractivity contribution >= 4 is 89.7 Å². The third kappa shape index (κ3) is 12.9. The van der Waals surface area contributed by atoms with Gasteiger partial charge in [-0.2, -0.15) is 0 Å². The summed E-state index contributed by atoms with van der Waals surface area (Å²) in [5.74, 6) is -0.0660. The highest BCUT2D eigenvalue weighted by Gasteiger charge is 2.45. The monoisotopic (exact) mass is 1480 g/mol. The Morgan fingerprint density at radius 1 is 0.313 bits per heavy atom. The van der Waals surface area contributed by atoms with Gasteiger partial charge in [0.25, 0.3) is 0 Å². The van der Waals surface area contributed by atoms with Gasteiger partial charge >= 0.3 is 0 Å². The van der Waals surface area contributed by atoms with E-state index in [1.165, 1.54) is 133 Å². The number of hydrogen-bond acceptors (Lipinski definition) is 2. The summed E-state index contributed by atoms with van der Waals surface area (Å²) in [7, 11) is 0. The van der Waals surface area contributed by atoms with E-state index in [0.29, 0.717) is 6.54 Å². The lowest BCUT2D eigenvalue weighted by atomic mass is 9.31. The molecule has 0 saturated carbocycles. The second kappa shape index (κ2) is 29.4. The van der Waals surface area contributed by atoms with Crippen molar-refractivity contribution in [3.8, 4) is 94.7 Å². The van der Waals surface area contributed by atoms with Crippen molar-refractivity contribution in [2.75, 3.05) is 16.3 Å². The molecule has 16 aromatic carbocycles. The molecule has 1 aliphatic heterocycles. The lowest BCUT2D eigenvalue weighted by Crippen LogP contribution is -2.55. The van der Waals surface area contributed by atoms with Crippen LogP contribution in [-0.2, 0) is 10.8 Å². The molecule has 19 rings (SSSR count). The third-order valence-corrected chi connectivity index (χ3v) is 24.5. The minimum absolute atomic E-state index is 0.0660. The Balaban J connectivity index is 0.943. The van der Waals surface area contributed by atoms with Gasteiger partial charge in [-0.25, -0.2) is 0 Å². The molecule has 0 radical (unpaired) electrons. The molecule has 0 saturated heterocycles. The zero-order valence-corrected chi connectivity index (χ0v) is 67.0. The Morgan fingerprint density at radius 2 is 0.652 bits per heavy atom. The van der Waals surface area contributed by atoms with Gasteiger partial charge in [-0.15, -0.1) is 0 Å². The van der Waals surface area contributed by atoms with Gasteiger partial charge in [0.05, 0.1) is 22.4 Å². The molecule has 556 valence electrons. The smallest absolute Gasteiger partial charge is 0.222 e. The zero-order valence-electron chi connectivity index (χ0n) is 67.0. The molecule has 2 atom stereocenters. The number of aromatic nitrogens is 2. The first-order valence-electron chi connectivity index (χ1n) is 40.9. The second-order valence-corrected chi connectivity index (χ2v) is 33.5. The molecule has 0 bridgehead atoms. The fraction of sp³-hybridized carbons (Fsp3) is 0.127. The van der Waals surface area contributed by atoms with Crippen molar-refractivity contribution in [3.05, 3.63) is 387 Å². The van der Waals surface area contributed by atoms with Gasteiger partial charge < -0.3 is 18.9 Å². The first-order valence-corrected chi connectivity index (χ1v) is 40.9. The van der Waals surface area contributed by atoms with Crippen LogP contribution in [0.1, 0.15) is 79.5 Å². The standard InChI is InChI=1S/C110H93BN4/c1-10-112(107-90(79-44-27-15-28-45-79)68-87(109(4,5)6)69-91(107)80-46-29-16-30-47-80)103-52-35-53-104-106(103)111(73(2)74(3)113-99-60-54-83(75-36-19-11-20-37-75)64-94(99)95-65-84(55-61-100(95)113)76-38-21-12-22-39-76)98-59-58-89(72-105(98)115(104)108-92(81-48-31-17-32-49-81)70-88(110(7,8)9)71-93(108)82-50-33-18-34-51-82)114-101-62-56-85(77-40-23-13-24-41-77)66-96(101)97-67-86(57-63-102(97)114)78-42-25-14-26-43-78/h11-74H,10H2,1-9H3/t73?,74-/m1/s1. The summed E-state index contributed by atoms with van der Waals surface area (Å²) in [5, 5.41) is 4.88. The van der Waals surface area contributed by atoms with Crippen molar-refractivity contribution in [3.63, 3.8) is 0 Å². The lowest BCUT2D eigenvalue weighted by Gasteiger charge is -2.44. The van der Waals surface area contributed by atoms with Crippen molar-refractivity contribution in [1.82, 2.24) is 9.13 Å². The van der Waals surface area contributed by atoms with Crippen LogP contribution in [0.15, 0.2) is 376 Å². The maximum Gasteiger partial charge on any atom is 0.222 e. The maximum absolute atomic E-state index is 2.74. The largest absolute Gasteiger partial charge is 0.341 e. The molecule has 0 aliphatic carbocycles. The van der Waals surface area contributed by atoms with Crippen LogP contribution in [0.5, 0.6) is 0 Å². The van der Waals surface area contributed by atoms with Crippen LogP contribution in [0.4, 0.5) is 28.4 Å². The molecule has 1 unspecified atom stereocenters. The van der Waals surface area contributed by atoms with Crippen LogP contribution in [0.25, 0.3) is 138 Å². The first kappa shape index (κ1) is 72.1. The van der Waals surface area contributed by atoms with E-state index in [0.717, 1.165) is 56.0 Å². The number of nitrogens with zero attached hydrogens (tertiary/aromatic N) is 4. The predicted octanol–water partition coefficient (Wildman–Crippen LogP) is 29.0. The number of anilines is 5. The fourth-order valence-electron chi connectivity index (χ4n) is 18.5. The van der Waals surface area contributed by atoms with Gasteiger partial charge in [0.1, 0.15) is 0 Å². The maximum atomic E-state index is 2.74. The van der Waals surface area contributed by atoms with Crippen LogP contribution in [-0.4, -0.2) is 22.4 Å². The molecule has 0 fully saturated rings. The number of hydrogen-bond donors (Lipinski definition) is 0. The Bertz CT molecular complexity index is 6340. The van der Waals surface area contributed by atoms with Crippen LogP contribution < -0.4 is 20.7 Å². The zero-order chi connectivity index (χ0) is 78.2. The highest BCUT2D eigenvalue weighted by Crippen LogP contribution is 2.54. The van der Waals surface area contributed by atoms with E-state index < -0.39 is 0 Å². The number of benzene rings is 16. The summed E-state index contributed by atoms with van der Waals surface area (Å²) in [6.07, 6.45) is 0. The van der Waals surface area contributed by atoms with E-state index in [1.54, 1.807) is 0 Å². The summed E-state index contributed by atoms with van der Waals surface area (Å²) in [6, 6.07) is 142. The van der Waals surface area contributed by atoms with Gasteiger partial charge in [0.2, 0.25) is 6.71 Å². The van der Waals surface area contributed by atoms with E-state index in [-0.39, 0.29) is 29.4 Å². The van der Waals surface area contributed by atoms with E-state index >= 15 is 0 Å². The van der Waals surface area contributed by atoms with Crippen LogP contribution in [0.2, 0.25) is 5.82 Å². The highest BCUT2D eigenvalue weighted by atomic mass is 15.2.